The third-order valence-electron chi connectivity index (χ3n) is 5.57. The first-order chi connectivity index (χ1) is 15.6. The molecule has 0 aliphatic carbocycles. The maximum atomic E-state index is 6.46. The van der Waals surface area contributed by atoms with Crippen molar-refractivity contribution in [1.29, 1.82) is 0 Å². The smallest absolute Gasteiger partial charge is 0.227 e. The molecule has 3 aromatic heterocycles. The van der Waals surface area contributed by atoms with E-state index in [0.717, 1.165) is 60.2 Å². The molecule has 5 rings (SSSR count). The number of nitrogens with zero attached hydrogens (tertiary/aromatic N) is 5. The second kappa shape index (κ2) is 8.64. The molecule has 1 aliphatic heterocycles. The van der Waals surface area contributed by atoms with E-state index in [4.69, 9.17) is 16.3 Å². The SMILES string of the molecule is COc1cc(N2CCNCC2)ccc1Nc1ncc(Cl)c(-c2cnc3cc(C)ccn23)n1. The van der Waals surface area contributed by atoms with Crippen LogP contribution in [0.3, 0.4) is 0 Å². The summed E-state index contributed by atoms with van der Waals surface area (Å²) in [5, 5.41) is 7.10. The highest BCUT2D eigenvalue weighted by Crippen LogP contribution is 2.33. The van der Waals surface area contributed by atoms with Gasteiger partial charge in [-0.15, -0.1) is 0 Å². The van der Waals surface area contributed by atoms with Crippen LogP contribution in [0.1, 0.15) is 5.56 Å². The average molecular weight is 450 g/mol. The molecule has 1 aromatic carbocycles. The number of piperazine rings is 1. The number of rotatable bonds is 5. The minimum Gasteiger partial charge on any atom is -0.494 e. The number of fused-ring (bicyclic) bond motifs is 1. The second-order valence-corrected chi connectivity index (χ2v) is 8.12. The van der Waals surface area contributed by atoms with E-state index in [2.05, 4.69) is 36.6 Å². The van der Waals surface area contributed by atoms with Crippen LogP contribution in [0.4, 0.5) is 17.3 Å². The average Bonchev–Trinajstić information content (AvgIpc) is 3.24. The second-order valence-electron chi connectivity index (χ2n) is 7.71. The third-order valence-corrected chi connectivity index (χ3v) is 5.85. The predicted octanol–water partition coefficient (Wildman–Crippen LogP) is 3.91. The number of methoxy groups -OCH3 is 1. The number of nitrogens with one attached hydrogen (secondary N) is 2. The zero-order valence-corrected chi connectivity index (χ0v) is 18.7. The number of benzene rings is 1. The number of anilines is 3. The van der Waals surface area contributed by atoms with Crippen molar-refractivity contribution in [3.8, 4) is 17.1 Å². The van der Waals surface area contributed by atoms with Crippen molar-refractivity contribution >= 4 is 34.6 Å². The first kappa shape index (κ1) is 20.5. The molecular weight excluding hydrogens is 426 g/mol. The third kappa shape index (κ3) is 3.94. The van der Waals surface area contributed by atoms with Gasteiger partial charge in [0.05, 0.1) is 35.9 Å². The van der Waals surface area contributed by atoms with Crippen LogP contribution < -0.4 is 20.3 Å². The van der Waals surface area contributed by atoms with E-state index in [1.54, 1.807) is 19.5 Å². The number of imidazole rings is 1. The zero-order valence-electron chi connectivity index (χ0n) is 18.0. The quantitative estimate of drug-likeness (QED) is 0.478. The summed E-state index contributed by atoms with van der Waals surface area (Å²) < 4.78 is 7.61. The summed E-state index contributed by atoms with van der Waals surface area (Å²) in [4.78, 5) is 15.9. The maximum absolute atomic E-state index is 6.46. The number of hydrogen-bond donors (Lipinski definition) is 2. The highest BCUT2D eigenvalue weighted by Gasteiger charge is 2.16. The minimum absolute atomic E-state index is 0.430. The molecule has 1 saturated heterocycles. The number of aryl methyl sites for hydroxylation is 1. The largest absolute Gasteiger partial charge is 0.494 e. The summed E-state index contributed by atoms with van der Waals surface area (Å²) in [7, 11) is 1.66. The van der Waals surface area contributed by atoms with Crippen LogP contribution in [-0.2, 0) is 0 Å². The Morgan fingerprint density at radius 2 is 1.94 bits per heavy atom. The Labute approximate surface area is 191 Å². The molecule has 1 aliphatic rings. The summed E-state index contributed by atoms with van der Waals surface area (Å²) in [5.74, 6) is 1.16. The molecule has 0 saturated carbocycles. The standard InChI is InChI=1S/C23H24ClN7O/c1-15-5-8-31-19(14-26-21(31)11-15)22-17(24)13-27-23(29-22)28-18-4-3-16(12-20(18)32-2)30-9-6-25-7-10-30/h3-5,8,11-14,25H,6-7,9-10H2,1-2H3,(H,27,28,29). The van der Waals surface area contributed by atoms with Crippen LogP contribution in [0.2, 0.25) is 5.02 Å². The molecule has 0 amide bonds. The van der Waals surface area contributed by atoms with Gasteiger partial charge in [0.2, 0.25) is 5.95 Å². The van der Waals surface area contributed by atoms with Crippen LogP contribution in [0.15, 0.2) is 48.9 Å². The highest BCUT2D eigenvalue weighted by molar-refractivity contribution is 6.32. The Bertz CT molecular complexity index is 1270. The molecule has 32 heavy (non-hydrogen) atoms. The number of pyridine rings is 1. The number of halogens is 1. The summed E-state index contributed by atoms with van der Waals surface area (Å²) in [6.07, 6.45) is 5.34. The fraction of sp³-hybridized carbons (Fsp3) is 0.261. The summed E-state index contributed by atoms with van der Waals surface area (Å²) in [6.45, 7) is 5.94. The molecule has 0 radical (unpaired) electrons. The zero-order chi connectivity index (χ0) is 22.1. The lowest BCUT2D eigenvalue weighted by molar-refractivity contribution is 0.416. The van der Waals surface area contributed by atoms with Gasteiger partial charge in [-0.2, -0.15) is 0 Å². The van der Waals surface area contributed by atoms with Crippen LogP contribution in [-0.4, -0.2) is 52.6 Å². The van der Waals surface area contributed by atoms with Crippen molar-refractivity contribution < 1.29 is 4.74 Å². The van der Waals surface area contributed by atoms with Gasteiger partial charge in [0.25, 0.3) is 0 Å². The Hall–Kier alpha value is -3.36. The molecule has 4 heterocycles. The number of aromatic nitrogens is 4. The topological polar surface area (TPSA) is 79.6 Å². The van der Waals surface area contributed by atoms with Gasteiger partial charge in [-0.25, -0.2) is 15.0 Å². The fourth-order valence-electron chi connectivity index (χ4n) is 3.89. The first-order valence-electron chi connectivity index (χ1n) is 10.5. The lowest BCUT2D eigenvalue weighted by atomic mass is 10.2. The lowest BCUT2D eigenvalue weighted by Gasteiger charge is -2.30. The molecule has 9 heteroatoms. The van der Waals surface area contributed by atoms with E-state index in [0.29, 0.717) is 16.7 Å². The van der Waals surface area contributed by atoms with Crippen LogP contribution in [0, 0.1) is 6.92 Å². The first-order valence-corrected chi connectivity index (χ1v) is 10.9. The summed E-state index contributed by atoms with van der Waals surface area (Å²) in [5.41, 5.74) is 5.31. The van der Waals surface area contributed by atoms with Crippen LogP contribution in [0.25, 0.3) is 17.0 Å². The Morgan fingerprint density at radius 1 is 1.09 bits per heavy atom. The Kier molecular flexibility index (Phi) is 5.55. The van der Waals surface area contributed by atoms with E-state index in [1.807, 2.05) is 41.8 Å². The molecule has 4 aromatic rings. The molecule has 8 nitrogen and oxygen atoms in total. The Morgan fingerprint density at radius 3 is 2.75 bits per heavy atom. The van der Waals surface area contributed by atoms with Gasteiger partial charge in [0.1, 0.15) is 17.1 Å². The van der Waals surface area contributed by atoms with Crippen molar-refractivity contribution in [3.05, 3.63) is 59.5 Å². The molecule has 0 spiro atoms. The molecule has 0 bridgehead atoms. The van der Waals surface area contributed by atoms with Gasteiger partial charge in [0.15, 0.2) is 0 Å². The van der Waals surface area contributed by atoms with Crippen LogP contribution >= 0.6 is 11.6 Å². The van der Waals surface area contributed by atoms with Gasteiger partial charge in [-0.1, -0.05) is 11.6 Å². The van der Waals surface area contributed by atoms with Crippen molar-refractivity contribution in [1.82, 2.24) is 24.7 Å². The summed E-state index contributed by atoms with van der Waals surface area (Å²) >= 11 is 6.46. The Balaban J connectivity index is 1.46. The normalized spacial score (nSPS) is 14.0. The van der Waals surface area contributed by atoms with Crippen molar-refractivity contribution in [2.24, 2.45) is 0 Å². The minimum atomic E-state index is 0.430. The monoisotopic (exact) mass is 449 g/mol. The van der Waals surface area contributed by atoms with Gasteiger partial charge >= 0.3 is 0 Å². The van der Waals surface area contributed by atoms with Gasteiger partial charge < -0.3 is 20.3 Å². The lowest BCUT2D eigenvalue weighted by Crippen LogP contribution is -2.43. The van der Waals surface area contributed by atoms with Crippen molar-refractivity contribution in [3.63, 3.8) is 0 Å². The molecule has 0 atom stereocenters. The van der Waals surface area contributed by atoms with Gasteiger partial charge in [-0.3, -0.25) is 4.40 Å². The molecule has 0 unspecified atom stereocenters. The maximum Gasteiger partial charge on any atom is 0.227 e. The van der Waals surface area contributed by atoms with Crippen molar-refractivity contribution in [2.45, 2.75) is 6.92 Å². The molecule has 1 fully saturated rings. The summed E-state index contributed by atoms with van der Waals surface area (Å²) in [6, 6.07) is 10.2. The highest BCUT2D eigenvalue weighted by atomic mass is 35.5. The molecule has 164 valence electrons. The molecular formula is C23H24ClN7O. The molecule has 2 N–H and O–H groups in total. The van der Waals surface area contributed by atoms with E-state index in [1.165, 1.54) is 0 Å². The van der Waals surface area contributed by atoms with E-state index in [9.17, 15) is 0 Å². The van der Waals surface area contributed by atoms with Gasteiger partial charge in [0, 0.05) is 44.1 Å². The number of hydrogen-bond acceptors (Lipinski definition) is 7. The van der Waals surface area contributed by atoms with E-state index >= 15 is 0 Å². The number of ether oxygens (including phenoxy) is 1. The van der Waals surface area contributed by atoms with E-state index < -0.39 is 0 Å². The van der Waals surface area contributed by atoms with Gasteiger partial charge in [-0.05, 0) is 36.8 Å². The van der Waals surface area contributed by atoms with Crippen molar-refractivity contribution in [2.75, 3.05) is 43.5 Å². The van der Waals surface area contributed by atoms with Crippen LogP contribution in [0.5, 0.6) is 5.75 Å². The van der Waals surface area contributed by atoms with E-state index in [-0.39, 0.29) is 0 Å². The fourth-order valence-corrected chi connectivity index (χ4v) is 4.08. The predicted molar refractivity (Wildman–Crippen MR) is 127 cm³/mol.